The van der Waals surface area contributed by atoms with Crippen LogP contribution >= 0.6 is 0 Å². The molecule has 0 aliphatic carbocycles. The van der Waals surface area contributed by atoms with Gasteiger partial charge in [-0.05, 0) is 43.3 Å². The fraction of sp³-hybridized carbons (Fsp3) is 0.0833. The Morgan fingerprint density at radius 3 is 2.58 bits per heavy atom. The maximum absolute atomic E-state index is 13.8. The Hall–Kier alpha value is -4.13. The summed E-state index contributed by atoms with van der Waals surface area (Å²) in [4.78, 5) is 34.1. The van der Waals surface area contributed by atoms with Crippen LogP contribution in [0.1, 0.15) is 17.3 Å². The van der Waals surface area contributed by atoms with E-state index in [9.17, 15) is 14.0 Å². The molecule has 0 saturated heterocycles. The third kappa shape index (κ3) is 4.40. The van der Waals surface area contributed by atoms with Gasteiger partial charge in [-0.15, -0.1) is 0 Å². The number of amides is 1. The van der Waals surface area contributed by atoms with Crippen LogP contribution in [0.25, 0.3) is 22.2 Å². The van der Waals surface area contributed by atoms with Gasteiger partial charge in [0.25, 0.3) is 5.91 Å². The number of esters is 1. The first-order chi connectivity index (χ1) is 15.0. The van der Waals surface area contributed by atoms with Crippen LogP contribution in [-0.2, 0) is 9.53 Å². The molecule has 0 saturated carbocycles. The smallest absolute Gasteiger partial charge is 0.339 e. The lowest BCUT2D eigenvalue weighted by molar-refractivity contribution is -0.123. The predicted octanol–water partition coefficient (Wildman–Crippen LogP) is 4.62. The number of carbonyl (C=O) groups is 2. The number of nitrogens with one attached hydrogen (secondary N) is 1. The van der Waals surface area contributed by atoms with E-state index in [4.69, 9.17) is 4.74 Å². The number of benzene rings is 2. The number of carbonyl (C=O) groups excluding carboxylic acids is 2. The molecule has 31 heavy (non-hydrogen) atoms. The van der Waals surface area contributed by atoms with Gasteiger partial charge >= 0.3 is 5.97 Å². The van der Waals surface area contributed by atoms with Crippen LogP contribution in [0, 0.1) is 5.82 Å². The predicted molar refractivity (Wildman–Crippen MR) is 115 cm³/mol. The molecule has 0 aliphatic heterocycles. The first kappa shape index (κ1) is 20.2. The minimum atomic E-state index is -1.14. The van der Waals surface area contributed by atoms with E-state index in [1.54, 1.807) is 48.8 Å². The van der Waals surface area contributed by atoms with Gasteiger partial charge in [-0.2, -0.15) is 0 Å². The normalized spacial score (nSPS) is 11.7. The molecule has 0 spiro atoms. The number of aromatic nitrogens is 2. The first-order valence-electron chi connectivity index (χ1n) is 9.59. The fourth-order valence-corrected chi connectivity index (χ4v) is 3.08. The van der Waals surface area contributed by atoms with Gasteiger partial charge in [0.1, 0.15) is 5.82 Å². The van der Waals surface area contributed by atoms with Crippen molar-refractivity contribution in [3.05, 3.63) is 90.5 Å². The summed E-state index contributed by atoms with van der Waals surface area (Å²) < 4.78 is 19.2. The monoisotopic (exact) mass is 415 g/mol. The minimum absolute atomic E-state index is 0.0172. The average molecular weight is 415 g/mol. The van der Waals surface area contributed by atoms with Crippen molar-refractivity contribution in [1.82, 2.24) is 9.97 Å². The Bertz CT molecular complexity index is 1260. The van der Waals surface area contributed by atoms with Gasteiger partial charge in [0.05, 0.1) is 22.5 Å². The highest BCUT2D eigenvalue weighted by molar-refractivity contribution is 6.06. The van der Waals surface area contributed by atoms with Crippen molar-refractivity contribution in [2.45, 2.75) is 13.0 Å². The van der Waals surface area contributed by atoms with E-state index in [-0.39, 0.29) is 11.3 Å². The zero-order chi connectivity index (χ0) is 21.8. The van der Waals surface area contributed by atoms with Crippen LogP contribution in [0.5, 0.6) is 0 Å². The van der Waals surface area contributed by atoms with Gasteiger partial charge in [0.2, 0.25) is 0 Å². The Balaban J connectivity index is 1.61. The summed E-state index contributed by atoms with van der Waals surface area (Å²) in [7, 11) is 0. The number of para-hydroxylation sites is 2. The molecule has 7 heteroatoms. The molecule has 1 unspecified atom stereocenters. The number of pyridine rings is 2. The molecule has 0 fully saturated rings. The molecule has 1 amide bonds. The van der Waals surface area contributed by atoms with E-state index in [1.807, 2.05) is 12.1 Å². The summed E-state index contributed by atoms with van der Waals surface area (Å²) in [6, 6.07) is 18.2. The Morgan fingerprint density at radius 1 is 1.03 bits per heavy atom. The summed E-state index contributed by atoms with van der Waals surface area (Å²) in [6.07, 6.45) is 2.16. The molecule has 1 N–H and O–H groups in total. The van der Waals surface area contributed by atoms with Gasteiger partial charge < -0.3 is 10.1 Å². The molecule has 154 valence electrons. The van der Waals surface area contributed by atoms with Crippen LogP contribution in [0.3, 0.4) is 0 Å². The Morgan fingerprint density at radius 2 is 1.81 bits per heavy atom. The molecular weight excluding hydrogens is 397 g/mol. The highest BCUT2D eigenvalue weighted by Gasteiger charge is 2.22. The maximum atomic E-state index is 13.8. The van der Waals surface area contributed by atoms with Gasteiger partial charge in [0, 0.05) is 23.3 Å². The van der Waals surface area contributed by atoms with Crippen molar-refractivity contribution in [3.8, 4) is 11.3 Å². The van der Waals surface area contributed by atoms with Crippen LogP contribution in [0.15, 0.2) is 79.1 Å². The number of hydrogen-bond acceptors (Lipinski definition) is 5. The zero-order valence-corrected chi connectivity index (χ0v) is 16.6. The standard InChI is InChI=1S/C24H18FN3O3/c1-15(23(29)28-21-11-5-3-9-19(21)25)31-24(30)18-13-22(16-7-6-12-26-14-16)27-20-10-4-2-8-17(18)20/h2-15H,1H3,(H,28,29). The van der Waals surface area contributed by atoms with E-state index in [0.717, 1.165) is 5.56 Å². The molecule has 1 atom stereocenters. The molecule has 2 aromatic carbocycles. The van der Waals surface area contributed by atoms with E-state index >= 15 is 0 Å². The highest BCUT2D eigenvalue weighted by atomic mass is 19.1. The third-order valence-corrected chi connectivity index (χ3v) is 4.68. The largest absolute Gasteiger partial charge is 0.449 e. The molecule has 0 bridgehead atoms. The van der Waals surface area contributed by atoms with Crippen LogP contribution in [-0.4, -0.2) is 27.9 Å². The van der Waals surface area contributed by atoms with Crippen molar-refractivity contribution >= 4 is 28.5 Å². The number of nitrogens with zero attached hydrogens (tertiary/aromatic N) is 2. The van der Waals surface area contributed by atoms with E-state index in [2.05, 4.69) is 15.3 Å². The quantitative estimate of drug-likeness (QED) is 0.481. The highest BCUT2D eigenvalue weighted by Crippen LogP contribution is 2.25. The maximum Gasteiger partial charge on any atom is 0.339 e. The second-order valence-electron chi connectivity index (χ2n) is 6.83. The van der Waals surface area contributed by atoms with E-state index < -0.39 is 23.8 Å². The zero-order valence-electron chi connectivity index (χ0n) is 16.6. The molecule has 2 aromatic heterocycles. The third-order valence-electron chi connectivity index (χ3n) is 4.68. The number of anilines is 1. The lowest BCUT2D eigenvalue weighted by atomic mass is 10.0. The van der Waals surface area contributed by atoms with Crippen molar-refractivity contribution < 1.29 is 18.7 Å². The SMILES string of the molecule is CC(OC(=O)c1cc(-c2cccnc2)nc2ccccc12)C(=O)Nc1ccccc1F. The second kappa shape index (κ2) is 8.71. The minimum Gasteiger partial charge on any atom is -0.449 e. The topological polar surface area (TPSA) is 81.2 Å². The molecule has 6 nitrogen and oxygen atoms in total. The molecule has 0 aliphatic rings. The molecular formula is C24H18FN3O3. The van der Waals surface area contributed by atoms with Gasteiger partial charge in [-0.1, -0.05) is 30.3 Å². The lowest BCUT2D eigenvalue weighted by Crippen LogP contribution is -2.30. The molecule has 0 radical (unpaired) electrons. The molecule has 4 aromatic rings. The van der Waals surface area contributed by atoms with E-state index in [0.29, 0.717) is 16.6 Å². The summed E-state index contributed by atoms with van der Waals surface area (Å²) in [6.45, 7) is 1.43. The van der Waals surface area contributed by atoms with Crippen molar-refractivity contribution in [2.24, 2.45) is 0 Å². The van der Waals surface area contributed by atoms with Gasteiger partial charge in [-0.25, -0.2) is 14.2 Å². The van der Waals surface area contributed by atoms with Crippen LogP contribution < -0.4 is 5.32 Å². The summed E-state index contributed by atoms with van der Waals surface area (Å²) in [5.74, 6) is -1.89. The van der Waals surface area contributed by atoms with Crippen LogP contribution in [0.2, 0.25) is 0 Å². The van der Waals surface area contributed by atoms with Crippen molar-refractivity contribution in [3.63, 3.8) is 0 Å². The number of fused-ring (bicyclic) bond motifs is 1. The van der Waals surface area contributed by atoms with E-state index in [1.165, 1.54) is 25.1 Å². The van der Waals surface area contributed by atoms with Crippen molar-refractivity contribution in [1.29, 1.82) is 0 Å². The number of rotatable bonds is 5. The fourth-order valence-electron chi connectivity index (χ4n) is 3.08. The summed E-state index contributed by atoms with van der Waals surface area (Å²) in [5.41, 5.74) is 2.20. The second-order valence-corrected chi connectivity index (χ2v) is 6.83. The first-order valence-corrected chi connectivity index (χ1v) is 9.59. The van der Waals surface area contributed by atoms with Gasteiger partial charge in [-0.3, -0.25) is 9.78 Å². The van der Waals surface area contributed by atoms with Crippen molar-refractivity contribution in [2.75, 3.05) is 5.32 Å². The number of halogens is 1. The molecule has 4 rings (SSSR count). The Labute approximate surface area is 177 Å². The number of ether oxygens (including phenoxy) is 1. The Kier molecular flexibility index (Phi) is 5.66. The van der Waals surface area contributed by atoms with Crippen LogP contribution in [0.4, 0.5) is 10.1 Å². The average Bonchev–Trinajstić information content (AvgIpc) is 2.80. The summed E-state index contributed by atoms with van der Waals surface area (Å²) in [5, 5.41) is 3.03. The molecule has 2 heterocycles. The van der Waals surface area contributed by atoms with Gasteiger partial charge in [0.15, 0.2) is 6.10 Å². The number of hydrogen-bond donors (Lipinski definition) is 1. The summed E-state index contributed by atoms with van der Waals surface area (Å²) >= 11 is 0. The lowest BCUT2D eigenvalue weighted by Gasteiger charge is -2.15.